The fourth-order valence-corrected chi connectivity index (χ4v) is 3.37. The predicted octanol–water partition coefficient (Wildman–Crippen LogP) is 1.31. The normalized spacial score (nSPS) is 13.9. The summed E-state index contributed by atoms with van der Waals surface area (Å²) in [7, 11) is 1.51. The number of carbonyl (C=O) groups excluding carboxylic acids is 3. The summed E-state index contributed by atoms with van der Waals surface area (Å²) >= 11 is 0. The van der Waals surface area contributed by atoms with Crippen LogP contribution in [0.25, 0.3) is 0 Å². The van der Waals surface area contributed by atoms with Gasteiger partial charge in [-0.2, -0.15) is 0 Å². The molecule has 10 heteroatoms. The Labute approximate surface area is 186 Å². The van der Waals surface area contributed by atoms with Gasteiger partial charge < -0.3 is 25.0 Å². The second kappa shape index (κ2) is 11.1. The molecule has 0 saturated carbocycles. The van der Waals surface area contributed by atoms with E-state index in [2.05, 4.69) is 20.6 Å². The molecular formula is C22H27N5O5. The third-order valence-corrected chi connectivity index (χ3v) is 5.08. The molecule has 0 spiro atoms. The van der Waals surface area contributed by atoms with Crippen molar-refractivity contribution >= 4 is 29.4 Å². The molecule has 1 aliphatic heterocycles. The molecule has 1 aliphatic rings. The van der Waals surface area contributed by atoms with Gasteiger partial charge >= 0.3 is 5.97 Å². The Morgan fingerprint density at radius 3 is 2.53 bits per heavy atom. The van der Waals surface area contributed by atoms with Gasteiger partial charge in [0.2, 0.25) is 11.9 Å². The van der Waals surface area contributed by atoms with Crippen LogP contribution in [0.4, 0.5) is 11.6 Å². The smallest absolute Gasteiger partial charge is 0.309 e. The van der Waals surface area contributed by atoms with Crippen molar-refractivity contribution in [3.63, 3.8) is 0 Å². The number of methoxy groups -OCH3 is 1. The van der Waals surface area contributed by atoms with E-state index < -0.39 is 24.4 Å². The minimum atomic E-state index is -0.542. The summed E-state index contributed by atoms with van der Waals surface area (Å²) in [5, 5.41) is 5.14. The van der Waals surface area contributed by atoms with Gasteiger partial charge in [0.15, 0.2) is 6.61 Å². The molecule has 0 unspecified atom stereocenters. The molecule has 0 bridgehead atoms. The molecule has 1 aromatic heterocycles. The number of esters is 1. The lowest BCUT2D eigenvalue weighted by Crippen LogP contribution is -2.39. The van der Waals surface area contributed by atoms with E-state index in [4.69, 9.17) is 9.47 Å². The average molecular weight is 441 g/mol. The molecule has 0 atom stereocenters. The number of amides is 2. The predicted molar refractivity (Wildman–Crippen MR) is 117 cm³/mol. The number of benzene rings is 1. The highest BCUT2D eigenvalue weighted by molar-refractivity contribution is 5.96. The first-order valence-electron chi connectivity index (χ1n) is 10.4. The van der Waals surface area contributed by atoms with Gasteiger partial charge in [-0.15, -0.1) is 0 Å². The summed E-state index contributed by atoms with van der Waals surface area (Å²) < 4.78 is 10.3. The van der Waals surface area contributed by atoms with Crippen molar-refractivity contribution < 1.29 is 23.9 Å². The number of nitrogens with one attached hydrogen (secondary N) is 2. The van der Waals surface area contributed by atoms with E-state index >= 15 is 0 Å². The van der Waals surface area contributed by atoms with Crippen LogP contribution in [0.15, 0.2) is 36.7 Å². The molecule has 2 amide bonds. The number of nitrogens with zero attached hydrogens (tertiary/aromatic N) is 3. The molecule has 10 nitrogen and oxygen atoms in total. The lowest BCUT2D eigenvalue weighted by Gasteiger charge is -2.30. The van der Waals surface area contributed by atoms with Gasteiger partial charge in [0.1, 0.15) is 5.75 Å². The number of hydrogen-bond donors (Lipinski definition) is 2. The second-order valence-corrected chi connectivity index (χ2v) is 7.45. The molecule has 32 heavy (non-hydrogen) atoms. The van der Waals surface area contributed by atoms with E-state index in [1.165, 1.54) is 7.11 Å². The van der Waals surface area contributed by atoms with Crippen molar-refractivity contribution in [1.82, 2.24) is 15.3 Å². The lowest BCUT2D eigenvalue weighted by molar-refractivity contribution is -0.153. The summed E-state index contributed by atoms with van der Waals surface area (Å²) in [4.78, 5) is 46.8. The van der Waals surface area contributed by atoms with Crippen molar-refractivity contribution in [2.45, 2.75) is 19.8 Å². The molecule has 2 aromatic rings. The van der Waals surface area contributed by atoms with Crippen LogP contribution in [-0.2, 0) is 19.1 Å². The number of aromatic nitrogens is 2. The van der Waals surface area contributed by atoms with Gasteiger partial charge in [-0.1, -0.05) is 6.07 Å². The Hall–Kier alpha value is -3.69. The molecule has 3 rings (SSSR count). The van der Waals surface area contributed by atoms with Crippen LogP contribution < -0.4 is 20.3 Å². The molecule has 1 saturated heterocycles. The Morgan fingerprint density at radius 2 is 1.84 bits per heavy atom. The molecule has 2 N–H and O–H groups in total. The lowest BCUT2D eigenvalue weighted by atomic mass is 9.97. The van der Waals surface area contributed by atoms with Crippen LogP contribution in [0.5, 0.6) is 5.75 Å². The number of piperidine rings is 1. The summed E-state index contributed by atoms with van der Waals surface area (Å²) in [6.45, 7) is 2.49. The second-order valence-electron chi connectivity index (χ2n) is 7.45. The van der Waals surface area contributed by atoms with Crippen molar-refractivity contribution in [3.8, 4) is 5.75 Å². The van der Waals surface area contributed by atoms with Crippen LogP contribution in [0.3, 0.4) is 0 Å². The maximum Gasteiger partial charge on any atom is 0.309 e. The van der Waals surface area contributed by atoms with E-state index in [0.29, 0.717) is 43.3 Å². The molecular weight excluding hydrogens is 414 g/mol. The van der Waals surface area contributed by atoms with Gasteiger partial charge in [-0.25, -0.2) is 9.97 Å². The van der Waals surface area contributed by atoms with E-state index in [0.717, 1.165) is 5.56 Å². The number of anilines is 2. The first-order valence-corrected chi connectivity index (χ1v) is 10.4. The summed E-state index contributed by atoms with van der Waals surface area (Å²) in [6, 6.07) is 7.14. The average Bonchev–Trinajstić information content (AvgIpc) is 2.82. The third kappa shape index (κ3) is 6.40. The first kappa shape index (κ1) is 23.0. The number of carbonyl (C=O) groups is 3. The van der Waals surface area contributed by atoms with Crippen LogP contribution >= 0.6 is 0 Å². The first-order chi connectivity index (χ1) is 15.5. The number of aryl methyl sites for hydroxylation is 1. The fourth-order valence-electron chi connectivity index (χ4n) is 3.37. The highest BCUT2D eigenvalue weighted by Gasteiger charge is 2.27. The Morgan fingerprint density at radius 1 is 1.12 bits per heavy atom. The van der Waals surface area contributed by atoms with Crippen molar-refractivity contribution in [1.29, 1.82) is 0 Å². The van der Waals surface area contributed by atoms with Crippen LogP contribution in [0, 0.1) is 12.8 Å². The zero-order valence-corrected chi connectivity index (χ0v) is 18.2. The number of ether oxygens (including phenoxy) is 2. The van der Waals surface area contributed by atoms with Crippen LogP contribution in [-0.4, -0.2) is 61.1 Å². The standard InChI is InChI=1S/C22H27N5O5/c1-15-4-5-18(31-2)17(12-15)26-19(28)13-25-20(29)14-32-21(30)16-6-10-27(11-7-16)22-23-8-3-9-24-22/h3-5,8-9,12,16H,6-7,10-11,13-14H2,1-2H3,(H,25,29)(H,26,28). The molecule has 0 radical (unpaired) electrons. The SMILES string of the molecule is COc1ccc(C)cc1NC(=O)CNC(=O)COC(=O)C1CCN(c2ncccn2)CC1. The monoisotopic (exact) mass is 441 g/mol. The Bertz CT molecular complexity index is 945. The topological polar surface area (TPSA) is 123 Å². The van der Waals surface area contributed by atoms with Gasteiger partial charge in [0.05, 0.1) is 25.3 Å². The van der Waals surface area contributed by atoms with Crippen molar-refractivity contribution in [3.05, 3.63) is 42.2 Å². The summed E-state index contributed by atoms with van der Waals surface area (Å²) in [5.41, 5.74) is 1.48. The highest BCUT2D eigenvalue weighted by atomic mass is 16.5. The van der Waals surface area contributed by atoms with Gasteiger partial charge in [0, 0.05) is 25.5 Å². The Balaban J connectivity index is 1.36. The van der Waals surface area contributed by atoms with E-state index in [1.54, 1.807) is 30.6 Å². The third-order valence-electron chi connectivity index (χ3n) is 5.08. The van der Waals surface area contributed by atoms with E-state index in [1.807, 2.05) is 17.9 Å². The molecule has 0 aliphatic carbocycles. The van der Waals surface area contributed by atoms with E-state index in [-0.39, 0.29) is 12.5 Å². The van der Waals surface area contributed by atoms with Gasteiger partial charge in [-0.05, 0) is 43.5 Å². The number of hydrogen-bond acceptors (Lipinski definition) is 8. The van der Waals surface area contributed by atoms with Crippen molar-refractivity contribution in [2.75, 3.05) is 43.6 Å². The zero-order valence-electron chi connectivity index (χ0n) is 18.2. The summed E-state index contributed by atoms with van der Waals surface area (Å²) in [6.07, 6.45) is 4.55. The molecule has 2 heterocycles. The largest absolute Gasteiger partial charge is 0.495 e. The quantitative estimate of drug-likeness (QED) is 0.588. The highest BCUT2D eigenvalue weighted by Crippen LogP contribution is 2.25. The molecule has 170 valence electrons. The fraction of sp³-hybridized carbons (Fsp3) is 0.409. The Kier molecular flexibility index (Phi) is 7.96. The van der Waals surface area contributed by atoms with Crippen molar-refractivity contribution in [2.24, 2.45) is 5.92 Å². The minimum Gasteiger partial charge on any atom is -0.495 e. The van der Waals surface area contributed by atoms with E-state index in [9.17, 15) is 14.4 Å². The number of rotatable bonds is 8. The maximum absolute atomic E-state index is 12.3. The zero-order chi connectivity index (χ0) is 22.9. The van der Waals surface area contributed by atoms with Crippen LogP contribution in [0.1, 0.15) is 18.4 Å². The molecule has 1 aromatic carbocycles. The van der Waals surface area contributed by atoms with Gasteiger partial charge in [0.25, 0.3) is 5.91 Å². The minimum absolute atomic E-state index is 0.247. The maximum atomic E-state index is 12.3. The van der Waals surface area contributed by atoms with Crippen LogP contribution in [0.2, 0.25) is 0 Å². The van der Waals surface area contributed by atoms with Gasteiger partial charge in [-0.3, -0.25) is 14.4 Å². The molecule has 1 fully saturated rings. The summed E-state index contributed by atoms with van der Waals surface area (Å²) in [5.74, 6) is -0.485.